The number of rotatable bonds is 3. The molecule has 2 heterocycles. The summed E-state index contributed by atoms with van der Waals surface area (Å²) in [5, 5.41) is 12.5. The van der Waals surface area contributed by atoms with Crippen molar-refractivity contribution in [1.29, 1.82) is 0 Å². The largest absolute Gasteiger partial charge is 0.456 e. The molecule has 0 spiro atoms. The molecule has 0 unspecified atom stereocenters. The van der Waals surface area contributed by atoms with Gasteiger partial charge in [-0.15, -0.1) is 11.3 Å². The zero-order valence-electron chi connectivity index (χ0n) is 27.0. The summed E-state index contributed by atoms with van der Waals surface area (Å²) in [4.78, 5) is 0. The van der Waals surface area contributed by atoms with Gasteiger partial charge in [0, 0.05) is 30.9 Å². The molecule has 232 valence electrons. The van der Waals surface area contributed by atoms with Crippen molar-refractivity contribution >= 4 is 85.8 Å². The minimum Gasteiger partial charge on any atom is -0.456 e. The molecular weight excluding hydrogens is 625 g/mol. The van der Waals surface area contributed by atoms with Crippen LogP contribution in [0.2, 0.25) is 0 Å². The van der Waals surface area contributed by atoms with Gasteiger partial charge in [-0.1, -0.05) is 140 Å². The molecule has 0 fully saturated rings. The molecule has 2 aromatic heterocycles. The standard InChI is InChI=1S/C48H28OS/c1-2-11-29(12-3-1)47-37-15-4-6-17-39(37)48(40-18-7-5-16-38(40)47)32-22-24-36-35-23-21-31(26-45(35)50-46(36)27-32)33-19-10-13-30-25-42-34-14-8-9-20-43(34)49-44(42)28-41(30)33/h1-28H. The van der Waals surface area contributed by atoms with Crippen LogP contribution in [-0.2, 0) is 0 Å². The van der Waals surface area contributed by atoms with Crippen molar-refractivity contribution < 1.29 is 4.42 Å². The van der Waals surface area contributed by atoms with E-state index >= 15 is 0 Å². The fraction of sp³-hybridized carbons (Fsp3) is 0. The van der Waals surface area contributed by atoms with Crippen molar-refractivity contribution in [3.8, 4) is 33.4 Å². The Hall–Kier alpha value is -6.22. The van der Waals surface area contributed by atoms with Crippen LogP contribution in [0.4, 0.5) is 0 Å². The highest BCUT2D eigenvalue weighted by Crippen LogP contribution is 2.46. The Morgan fingerprint density at radius 2 is 0.900 bits per heavy atom. The summed E-state index contributed by atoms with van der Waals surface area (Å²) in [5.41, 5.74) is 9.39. The van der Waals surface area contributed by atoms with E-state index in [0.29, 0.717) is 0 Å². The van der Waals surface area contributed by atoms with Crippen molar-refractivity contribution in [2.75, 3.05) is 0 Å². The lowest BCUT2D eigenvalue weighted by atomic mass is 9.86. The van der Waals surface area contributed by atoms with Crippen molar-refractivity contribution in [3.63, 3.8) is 0 Å². The normalized spacial score (nSPS) is 12.0. The Bertz CT molecular complexity index is 3090. The number of benzene rings is 9. The molecule has 0 amide bonds. The van der Waals surface area contributed by atoms with E-state index in [2.05, 4.69) is 158 Å². The van der Waals surface area contributed by atoms with Gasteiger partial charge in [0.15, 0.2) is 0 Å². The quantitative estimate of drug-likeness (QED) is 0.173. The fourth-order valence-electron chi connectivity index (χ4n) is 8.20. The summed E-state index contributed by atoms with van der Waals surface area (Å²) < 4.78 is 8.89. The topological polar surface area (TPSA) is 13.1 Å². The van der Waals surface area contributed by atoms with E-state index in [-0.39, 0.29) is 0 Å². The molecule has 0 aliphatic rings. The van der Waals surface area contributed by atoms with E-state index < -0.39 is 0 Å². The van der Waals surface area contributed by atoms with Gasteiger partial charge in [-0.3, -0.25) is 0 Å². The predicted molar refractivity (Wildman–Crippen MR) is 215 cm³/mol. The second-order valence-electron chi connectivity index (χ2n) is 13.2. The van der Waals surface area contributed by atoms with Crippen LogP contribution >= 0.6 is 11.3 Å². The van der Waals surface area contributed by atoms with Crippen LogP contribution in [0.3, 0.4) is 0 Å². The Morgan fingerprint density at radius 3 is 1.60 bits per heavy atom. The number of thiophene rings is 1. The van der Waals surface area contributed by atoms with E-state index in [4.69, 9.17) is 4.42 Å². The Morgan fingerprint density at radius 1 is 0.320 bits per heavy atom. The van der Waals surface area contributed by atoms with E-state index in [1.807, 2.05) is 23.5 Å². The molecular formula is C48H28OS. The maximum Gasteiger partial charge on any atom is 0.136 e. The highest BCUT2D eigenvalue weighted by atomic mass is 32.1. The van der Waals surface area contributed by atoms with Gasteiger partial charge in [0.25, 0.3) is 0 Å². The monoisotopic (exact) mass is 652 g/mol. The van der Waals surface area contributed by atoms with Crippen LogP contribution in [0.15, 0.2) is 174 Å². The third kappa shape index (κ3) is 4.06. The van der Waals surface area contributed by atoms with Gasteiger partial charge in [0.2, 0.25) is 0 Å². The summed E-state index contributed by atoms with van der Waals surface area (Å²) in [6.07, 6.45) is 0. The molecule has 0 bridgehead atoms. The van der Waals surface area contributed by atoms with E-state index in [9.17, 15) is 0 Å². The first-order valence-electron chi connectivity index (χ1n) is 17.1. The number of furan rings is 1. The van der Waals surface area contributed by atoms with Gasteiger partial charge < -0.3 is 4.42 Å². The van der Waals surface area contributed by atoms with Crippen molar-refractivity contribution in [2.45, 2.75) is 0 Å². The van der Waals surface area contributed by atoms with Crippen LogP contribution in [0.1, 0.15) is 0 Å². The number of hydrogen-bond donors (Lipinski definition) is 0. The molecule has 11 rings (SSSR count). The predicted octanol–water partition coefficient (Wildman–Crippen LogP) is 14.4. The van der Waals surface area contributed by atoms with Crippen LogP contribution in [0.5, 0.6) is 0 Å². The lowest BCUT2D eigenvalue weighted by Crippen LogP contribution is -1.90. The second kappa shape index (κ2) is 10.6. The van der Waals surface area contributed by atoms with E-state index in [1.54, 1.807) is 0 Å². The number of para-hydroxylation sites is 1. The minimum absolute atomic E-state index is 0.929. The maximum absolute atomic E-state index is 6.29. The number of hydrogen-bond acceptors (Lipinski definition) is 2. The highest BCUT2D eigenvalue weighted by molar-refractivity contribution is 7.25. The molecule has 2 heteroatoms. The van der Waals surface area contributed by atoms with Crippen LogP contribution in [-0.4, -0.2) is 0 Å². The third-order valence-electron chi connectivity index (χ3n) is 10.4. The molecule has 1 nitrogen and oxygen atoms in total. The first-order valence-corrected chi connectivity index (χ1v) is 17.9. The second-order valence-corrected chi connectivity index (χ2v) is 14.3. The zero-order valence-corrected chi connectivity index (χ0v) is 27.8. The van der Waals surface area contributed by atoms with Gasteiger partial charge in [-0.2, -0.15) is 0 Å². The first kappa shape index (κ1) is 27.7. The maximum atomic E-state index is 6.29. The first-order chi connectivity index (χ1) is 24.8. The van der Waals surface area contributed by atoms with Gasteiger partial charge in [0.05, 0.1) is 0 Å². The molecule has 0 atom stereocenters. The third-order valence-corrected chi connectivity index (χ3v) is 11.6. The van der Waals surface area contributed by atoms with Crippen molar-refractivity contribution in [1.82, 2.24) is 0 Å². The SMILES string of the molecule is c1ccc(-c2c3ccccc3c(-c3ccc4c(c3)sc3cc(-c5cccc6cc7c(cc56)oc5ccccc57)ccc34)c3ccccc23)cc1. The van der Waals surface area contributed by atoms with Gasteiger partial charge in [0.1, 0.15) is 11.2 Å². The van der Waals surface area contributed by atoms with Crippen molar-refractivity contribution in [3.05, 3.63) is 170 Å². The van der Waals surface area contributed by atoms with Crippen molar-refractivity contribution in [2.24, 2.45) is 0 Å². The molecule has 0 aliphatic carbocycles. The summed E-state index contributed by atoms with van der Waals surface area (Å²) in [6.45, 7) is 0. The summed E-state index contributed by atoms with van der Waals surface area (Å²) in [7, 11) is 0. The van der Waals surface area contributed by atoms with Crippen LogP contribution < -0.4 is 0 Å². The summed E-state index contributed by atoms with van der Waals surface area (Å²) in [5.74, 6) is 0. The Balaban J connectivity index is 1.09. The molecule has 0 aliphatic heterocycles. The zero-order chi connectivity index (χ0) is 32.8. The fourth-order valence-corrected chi connectivity index (χ4v) is 9.39. The molecule has 0 saturated carbocycles. The average molecular weight is 653 g/mol. The van der Waals surface area contributed by atoms with Crippen LogP contribution in [0.25, 0.3) is 108 Å². The van der Waals surface area contributed by atoms with Crippen LogP contribution in [0, 0.1) is 0 Å². The molecule has 0 radical (unpaired) electrons. The van der Waals surface area contributed by atoms with E-state index in [1.165, 1.54) is 85.9 Å². The van der Waals surface area contributed by atoms with Gasteiger partial charge >= 0.3 is 0 Å². The summed E-state index contributed by atoms with van der Waals surface area (Å²) >= 11 is 1.88. The van der Waals surface area contributed by atoms with Gasteiger partial charge in [-0.05, 0) is 96.0 Å². The molecule has 9 aromatic carbocycles. The molecule has 50 heavy (non-hydrogen) atoms. The minimum atomic E-state index is 0.929. The molecule has 0 saturated heterocycles. The molecule has 11 aromatic rings. The Kier molecular flexibility index (Phi) is 5.89. The highest BCUT2D eigenvalue weighted by Gasteiger charge is 2.18. The van der Waals surface area contributed by atoms with Gasteiger partial charge in [-0.25, -0.2) is 0 Å². The summed E-state index contributed by atoms with van der Waals surface area (Å²) in [6, 6.07) is 62.0. The lowest BCUT2D eigenvalue weighted by molar-refractivity contribution is 0.669. The smallest absolute Gasteiger partial charge is 0.136 e. The number of fused-ring (bicyclic) bond motifs is 9. The average Bonchev–Trinajstić information content (AvgIpc) is 3.73. The lowest BCUT2D eigenvalue weighted by Gasteiger charge is -2.17. The molecule has 0 N–H and O–H groups in total. The Labute approximate surface area is 292 Å². The van der Waals surface area contributed by atoms with E-state index in [0.717, 1.165) is 21.9 Å².